The van der Waals surface area contributed by atoms with Crippen LogP contribution in [0.5, 0.6) is 11.5 Å². The fourth-order valence-electron chi connectivity index (χ4n) is 4.42. The van der Waals surface area contributed by atoms with Crippen molar-refractivity contribution in [3.05, 3.63) is 53.3 Å². The number of aryl methyl sites for hydroxylation is 1. The van der Waals surface area contributed by atoms with E-state index in [1.807, 2.05) is 6.07 Å². The van der Waals surface area contributed by atoms with Gasteiger partial charge in [-0.05, 0) is 30.5 Å². The molecule has 1 amide bonds. The summed E-state index contributed by atoms with van der Waals surface area (Å²) in [6.45, 7) is 6.64. The molecule has 0 atom stereocenters. The first-order chi connectivity index (χ1) is 18.6. The molecule has 2 aromatic rings. The van der Waals surface area contributed by atoms with Gasteiger partial charge in [0, 0.05) is 31.2 Å². The summed E-state index contributed by atoms with van der Waals surface area (Å²) >= 11 is 6.35. The molecular weight excluding hydrogens is 623 g/mol. The van der Waals surface area contributed by atoms with Gasteiger partial charge in [-0.2, -0.15) is 0 Å². The van der Waals surface area contributed by atoms with Crippen LogP contribution in [0.3, 0.4) is 0 Å². The number of aromatic nitrogens is 1. The van der Waals surface area contributed by atoms with E-state index in [2.05, 4.69) is 48.3 Å². The Labute approximate surface area is 259 Å². The molecule has 0 spiro atoms. The summed E-state index contributed by atoms with van der Waals surface area (Å²) in [5.74, 6) is 1.06. The van der Waals surface area contributed by atoms with Gasteiger partial charge in [-0.15, -0.1) is 0 Å². The van der Waals surface area contributed by atoms with Crippen LogP contribution in [0.2, 0.25) is 5.02 Å². The summed E-state index contributed by atoms with van der Waals surface area (Å²) in [5, 5.41) is 3.35. The van der Waals surface area contributed by atoms with Gasteiger partial charge in [0.1, 0.15) is 18.0 Å². The third kappa shape index (κ3) is 17.0. The lowest BCUT2D eigenvalue weighted by Crippen LogP contribution is -3.00. The van der Waals surface area contributed by atoms with E-state index in [-0.39, 0.29) is 36.5 Å². The molecule has 220 valence electrons. The van der Waals surface area contributed by atoms with Crippen molar-refractivity contribution in [3.63, 3.8) is 0 Å². The summed E-state index contributed by atoms with van der Waals surface area (Å²) < 4.78 is 13.6. The Kier molecular flexibility index (Phi) is 21.1. The number of nitrogens with zero attached hydrogens (tertiary/aromatic N) is 1. The van der Waals surface area contributed by atoms with Crippen molar-refractivity contribution in [2.45, 2.75) is 110 Å². The highest BCUT2D eigenvalue weighted by molar-refractivity contribution is 6.32. The maximum Gasteiger partial charge on any atom is 0.257 e. The molecule has 0 saturated heterocycles. The van der Waals surface area contributed by atoms with Crippen molar-refractivity contribution in [3.8, 4) is 11.5 Å². The Morgan fingerprint density at radius 1 is 0.821 bits per heavy atom. The maximum atomic E-state index is 12.2. The summed E-state index contributed by atoms with van der Waals surface area (Å²) in [5.41, 5.74) is 1.20. The van der Waals surface area contributed by atoms with Gasteiger partial charge in [0.25, 0.3) is 5.91 Å². The SMILES string of the molecule is CCCCCCCCCCCCCCOc1ccc(OCC(=O)NCCc2cc[n+](CCC)cc2)c(Cl)c1.[I-]. The summed E-state index contributed by atoms with van der Waals surface area (Å²) in [6.07, 6.45) is 22.0. The molecule has 0 aliphatic rings. The van der Waals surface area contributed by atoms with E-state index < -0.39 is 0 Å². The van der Waals surface area contributed by atoms with Crippen LogP contribution in [-0.4, -0.2) is 25.7 Å². The highest BCUT2D eigenvalue weighted by Crippen LogP contribution is 2.29. The fourth-order valence-corrected chi connectivity index (χ4v) is 4.65. The van der Waals surface area contributed by atoms with Crippen molar-refractivity contribution in [1.82, 2.24) is 5.32 Å². The second kappa shape index (κ2) is 23.2. The van der Waals surface area contributed by atoms with Gasteiger partial charge in [-0.25, -0.2) is 4.57 Å². The van der Waals surface area contributed by atoms with Gasteiger partial charge in [-0.1, -0.05) is 96.1 Å². The Morgan fingerprint density at radius 3 is 2.03 bits per heavy atom. The normalized spacial score (nSPS) is 10.6. The van der Waals surface area contributed by atoms with E-state index in [0.29, 0.717) is 23.9 Å². The van der Waals surface area contributed by atoms with Gasteiger partial charge in [0.05, 0.1) is 11.6 Å². The zero-order chi connectivity index (χ0) is 27.3. The molecule has 1 heterocycles. The summed E-state index contributed by atoms with van der Waals surface area (Å²) in [6, 6.07) is 9.57. The van der Waals surface area contributed by atoms with Crippen LogP contribution in [0.1, 0.15) is 103 Å². The zero-order valence-corrected chi connectivity index (χ0v) is 27.1. The van der Waals surface area contributed by atoms with Crippen LogP contribution < -0.4 is 43.3 Å². The second-order valence-electron chi connectivity index (χ2n) is 10.2. The molecule has 0 saturated carbocycles. The molecule has 0 radical (unpaired) electrons. The molecule has 1 N–H and O–H groups in total. The third-order valence-electron chi connectivity index (χ3n) is 6.71. The number of unbranched alkanes of at least 4 members (excludes halogenated alkanes) is 11. The monoisotopic (exact) mass is 672 g/mol. The standard InChI is InChI=1S/C32H49ClN2O3.HI/c1-3-5-6-7-8-9-10-11-12-13-14-15-25-37-29-16-17-31(30(33)26-29)38-27-32(36)34-21-18-28-19-23-35(22-4-2)24-20-28;/h16-17,19-20,23-24,26H,3-15,18,21-22,25,27H2,1-2H3;1H. The number of hydrogen-bond donors (Lipinski definition) is 1. The average molecular weight is 673 g/mol. The van der Waals surface area contributed by atoms with Gasteiger partial charge >= 0.3 is 0 Å². The number of ether oxygens (including phenoxy) is 2. The predicted octanol–water partition coefficient (Wildman–Crippen LogP) is 4.86. The van der Waals surface area contributed by atoms with Crippen LogP contribution >= 0.6 is 11.6 Å². The van der Waals surface area contributed by atoms with E-state index in [4.69, 9.17) is 21.1 Å². The van der Waals surface area contributed by atoms with Crippen molar-refractivity contribution < 1.29 is 42.8 Å². The smallest absolute Gasteiger partial charge is 0.257 e. The molecule has 1 aromatic carbocycles. The minimum Gasteiger partial charge on any atom is -1.00 e. The highest BCUT2D eigenvalue weighted by atomic mass is 127. The molecule has 39 heavy (non-hydrogen) atoms. The zero-order valence-electron chi connectivity index (χ0n) is 24.2. The van der Waals surface area contributed by atoms with Crippen molar-refractivity contribution >= 4 is 17.5 Å². The first-order valence-corrected chi connectivity index (χ1v) is 15.3. The molecule has 0 aliphatic carbocycles. The molecule has 2 rings (SSSR count). The van der Waals surface area contributed by atoms with Crippen LogP contribution in [0.25, 0.3) is 0 Å². The first kappa shape index (κ1) is 35.5. The number of nitrogens with one attached hydrogen (secondary N) is 1. The van der Waals surface area contributed by atoms with Crippen molar-refractivity contribution in [2.24, 2.45) is 0 Å². The highest BCUT2D eigenvalue weighted by Gasteiger charge is 2.08. The van der Waals surface area contributed by atoms with Gasteiger partial charge < -0.3 is 38.8 Å². The first-order valence-electron chi connectivity index (χ1n) is 14.9. The van der Waals surface area contributed by atoms with E-state index in [9.17, 15) is 4.79 Å². The molecule has 0 unspecified atom stereocenters. The van der Waals surface area contributed by atoms with Crippen molar-refractivity contribution in [2.75, 3.05) is 19.8 Å². The maximum absolute atomic E-state index is 12.2. The molecule has 5 nitrogen and oxygen atoms in total. The second-order valence-corrected chi connectivity index (χ2v) is 10.6. The molecule has 1 aromatic heterocycles. The Hall–Kier alpha value is -1.54. The van der Waals surface area contributed by atoms with Gasteiger partial charge in [-0.3, -0.25) is 4.79 Å². The predicted molar refractivity (Wildman–Crippen MR) is 157 cm³/mol. The largest absolute Gasteiger partial charge is 1.00 e. The number of carbonyl (C=O) groups excluding carboxylic acids is 1. The van der Waals surface area contributed by atoms with E-state index in [0.717, 1.165) is 31.6 Å². The number of pyridine rings is 1. The van der Waals surface area contributed by atoms with Crippen LogP contribution in [0.4, 0.5) is 0 Å². The fraction of sp³-hybridized carbons (Fsp3) is 0.625. The molecule has 0 fully saturated rings. The number of rotatable bonds is 22. The Morgan fingerprint density at radius 2 is 1.44 bits per heavy atom. The number of halogens is 2. The molecule has 7 heteroatoms. The van der Waals surface area contributed by atoms with Crippen molar-refractivity contribution in [1.29, 1.82) is 0 Å². The van der Waals surface area contributed by atoms with Crippen LogP contribution in [-0.2, 0) is 17.8 Å². The molecule has 0 bridgehead atoms. The van der Waals surface area contributed by atoms with Crippen LogP contribution in [0.15, 0.2) is 42.7 Å². The summed E-state index contributed by atoms with van der Waals surface area (Å²) in [4.78, 5) is 12.2. The topological polar surface area (TPSA) is 51.4 Å². The number of amides is 1. The Bertz CT molecular complexity index is 895. The number of benzene rings is 1. The third-order valence-corrected chi connectivity index (χ3v) is 7.00. The lowest BCUT2D eigenvalue weighted by molar-refractivity contribution is -0.697. The van der Waals surface area contributed by atoms with E-state index in [1.54, 1.807) is 12.1 Å². The minimum absolute atomic E-state index is 0. The minimum atomic E-state index is -0.162. The quantitative estimate of drug-likeness (QED) is 0.111. The number of hydrogen-bond acceptors (Lipinski definition) is 3. The number of carbonyl (C=O) groups is 1. The van der Waals surface area contributed by atoms with Gasteiger partial charge in [0.2, 0.25) is 0 Å². The lowest BCUT2D eigenvalue weighted by Gasteiger charge is -2.11. The van der Waals surface area contributed by atoms with E-state index in [1.165, 1.54) is 76.2 Å². The average Bonchev–Trinajstić information content (AvgIpc) is 2.92. The van der Waals surface area contributed by atoms with E-state index >= 15 is 0 Å². The Balaban J connectivity index is 0.00000760. The van der Waals surface area contributed by atoms with Gasteiger partial charge in [0.15, 0.2) is 19.0 Å². The summed E-state index contributed by atoms with van der Waals surface area (Å²) in [7, 11) is 0. The lowest BCUT2D eigenvalue weighted by atomic mass is 10.1. The van der Waals surface area contributed by atoms with Crippen LogP contribution in [0, 0.1) is 0 Å². The molecular formula is C32H50ClIN2O3. The molecule has 0 aliphatic heterocycles.